The molecule has 1 aromatic rings. The van der Waals surface area contributed by atoms with Crippen LogP contribution in [0.15, 0.2) is 47.6 Å². The Morgan fingerprint density at radius 3 is 2.30 bits per heavy atom. The molecule has 0 aliphatic heterocycles. The maximum Gasteiger partial charge on any atom is 0.320 e. The average Bonchev–Trinajstić information content (AvgIpc) is 3.04. The molecule has 1 aliphatic rings. The van der Waals surface area contributed by atoms with Crippen molar-refractivity contribution >= 4 is 18.0 Å². The molecule has 0 aromatic heterocycles. The van der Waals surface area contributed by atoms with Crippen molar-refractivity contribution in [2.24, 2.45) is 5.92 Å². The van der Waals surface area contributed by atoms with Crippen LogP contribution in [0.4, 0.5) is 0 Å². The number of carbonyl (C=O) groups is 2. The summed E-state index contributed by atoms with van der Waals surface area (Å²) < 4.78 is 9.46. The highest BCUT2D eigenvalue weighted by Gasteiger charge is 2.31. The third-order valence-corrected chi connectivity index (χ3v) is 4.08. The maximum atomic E-state index is 11.8. The number of carbonyl (C=O) groups excluding carboxylic acids is 2. The second-order valence-corrected chi connectivity index (χ2v) is 5.53. The Balaban J connectivity index is 2.16. The molecule has 0 saturated carbocycles. The summed E-state index contributed by atoms with van der Waals surface area (Å²) in [5.41, 5.74) is 3.47. The molecule has 0 heterocycles. The summed E-state index contributed by atoms with van der Waals surface area (Å²) >= 11 is 0. The first kappa shape index (κ1) is 17.0. The van der Waals surface area contributed by atoms with Crippen molar-refractivity contribution in [3.63, 3.8) is 0 Å². The minimum atomic E-state index is -0.877. The van der Waals surface area contributed by atoms with E-state index in [0.29, 0.717) is 6.42 Å². The molecule has 0 N–H and O–H groups in total. The number of hydrogen-bond donors (Lipinski definition) is 0. The van der Waals surface area contributed by atoms with Crippen LogP contribution in [0.2, 0.25) is 0 Å². The van der Waals surface area contributed by atoms with Crippen molar-refractivity contribution in [1.82, 2.24) is 0 Å². The van der Waals surface area contributed by atoms with Crippen LogP contribution < -0.4 is 0 Å². The number of hydrogen-bond acceptors (Lipinski definition) is 4. The van der Waals surface area contributed by atoms with Gasteiger partial charge in [-0.3, -0.25) is 9.59 Å². The van der Waals surface area contributed by atoms with Crippen molar-refractivity contribution < 1.29 is 19.1 Å². The molecule has 0 bridgehead atoms. The highest BCUT2D eigenvalue weighted by molar-refractivity contribution is 5.95. The third kappa shape index (κ3) is 4.55. The SMILES string of the molecule is COC(=O)C(CC1=C(/C=C/c2ccccc2)CCC1)C(=O)OC. The van der Waals surface area contributed by atoms with Gasteiger partial charge in [0.2, 0.25) is 0 Å². The molecule has 0 atom stereocenters. The van der Waals surface area contributed by atoms with Crippen molar-refractivity contribution in [2.75, 3.05) is 14.2 Å². The van der Waals surface area contributed by atoms with Crippen molar-refractivity contribution in [1.29, 1.82) is 0 Å². The van der Waals surface area contributed by atoms with Gasteiger partial charge in [0.15, 0.2) is 5.92 Å². The summed E-state index contributed by atoms with van der Waals surface area (Å²) in [5.74, 6) is -1.96. The van der Waals surface area contributed by atoms with Crippen LogP contribution >= 0.6 is 0 Å². The largest absolute Gasteiger partial charge is 0.468 e. The first-order valence-electron chi connectivity index (χ1n) is 7.75. The standard InChI is InChI=1S/C19H22O4/c1-22-18(20)17(19(21)23-2)13-16-10-6-9-15(16)12-11-14-7-4-3-5-8-14/h3-5,7-8,11-12,17H,6,9-10,13H2,1-2H3/b12-11+. The van der Waals surface area contributed by atoms with Crippen LogP contribution in [0.5, 0.6) is 0 Å². The Labute approximate surface area is 136 Å². The predicted octanol–water partition coefficient (Wildman–Crippen LogP) is 3.53. The number of rotatable bonds is 6. The molecule has 4 heteroatoms. The summed E-state index contributed by atoms with van der Waals surface area (Å²) in [7, 11) is 2.58. The Hall–Kier alpha value is -2.36. The van der Waals surface area contributed by atoms with Crippen molar-refractivity contribution in [3.8, 4) is 0 Å². The van der Waals surface area contributed by atoms with Gasteiger partial charge in [-0.15, -0.1) is 0 Å². The van der Waals surface area contributed by atoms with Gasteiger partial charge in [0.05, 0.1) is 14.2 Å². The molecule has 1 aliphatic carbocycles. The lowest BCUT2D eigenvalue weighted by Gasteiger charge is -2.13. The first-order valence-corrected chi connectivity index (χ1v) is 7.75. The topological polar surface area (TPSA) is 52.6 Å². The van der Waals surface area contributed by atoms with Crippen LogP contribution in [0.25, 0.3) is 6.08 Å². The number of benzene rings is 1. The lowest BCUT2D eigenvalue weighted by Crippen LogP contribution is -2.27. The Morgan fingerprint density at radius 2 is 1.70 bits per heavy atom. The Kier molecular flexibility index (Phi) is 6.15. The van der Waals surface area contributed by atoms with Gasteiger partial charge >= 0.3 is 11.9 Å². The zero-order chi connectivity index (χ0) is 16.7. The van der Waals surface area contributed by atoms with Crippen LogP contribution in [0, 0.1) is 5.92 Å². The molecule has 1 aromatic carbocycles. The van der Waals surface area contributed by atoms with Gasteiger partial charge in [0.25, 0.3) is 0 Å². The van der Waals surface area contributed by atoms with Crippen LogP contribution in [-0.4, -0.2) is 26.2 Å². The molecule has 2 rings (SSSR count). The Bertz CT molecular complexity index is 598. The molecule has 122 valence electrons. The first-order chi connectivity index (χ1) is 11.2. The van der Waals surface area contributed by atoms with Crippen LogP contribution in [0.1, 0.15) is 31.2 Å². The fourth-order valence-electron chi connectivity index (χ4n) is 2.82. The average molecular weight is 314 g/mol. The zero-order valence-electron chi connectivity index (χ0n) is 13.6. The summed E-state index contributed by atoms with van der Waals surface area (Å²) in [6, 6.07) is 10.0. The maximum absolute atomic E-state index is 11.8. The highest BCUT2D eigenvalue weighted by Crippen LogP contribution is 2.32. The quantitative estimate of drug-likeness (QED) is 0.595. The van der Waals surface area contributed by atoms with Gasteiger partial charge in [-0.05, 0) is 36.8 Å². The van der Waals surface area contributed by atoms with Crippen molar-refractivity contribution in [2.45, 2.75) is 25.7 Å². The molecule has 0 unspecified atom stereocenters. The minimum Gasteiger partial charge on any atom is -0.468 e. The second-order valence-electron chi connectivity index (χ2n) is 5.53. The van der Waals surface area contributed by atoms with E-state index in [1.54, 1.807) is 0 Å². The van der Waals surface area contributed by atoms with E-state index in [9.17, 15) is 9.59 Å². The highest BCUT2D eigenvalue weighted by atomic mass is 16.5. The van der Waals surface area contributed by atoms with Crippen LogP contribution in [0.3, 0.4) is 0 Å². The lowest BCUT2D eigenvalue weighted by molar-refractivity contribution is -0.158. The van der Waals surface area contributed by atoms with E-state index in [1.165, 1.54) is 19.8 Å². The van der Waals surface area contributed by atoms with Gasteiger partial charge in [0, 0.05) is 0 Å². The molecular weight excluding hydrogens is 292 g/mol. The molecule has 0 spiro atoms. The summed E-state index contributed by atoms with van der Waals surface area (Å²) in [6.07, 6.45) is 7.43. The zero-order valence-corrected chi connectivity index (χ0v) is 13.6. The van der Waals surface area contributed by atoms with E-state index in [-0.39, 0.29) is 0 Å². The van der Waals surface area contributed by atoms with E-state index in [1.807, 2.05) is 30.3 Å². The summed E-state index contributed by atoms with van der Waals surface area (Å²) in [5, 5.41) is 0. The minimum absolute atomic E-state index is 0.369. The molecule has 0 amide bonds. The van der Waals surface area contributed by atoms with Gasteiger partial charge in [0.1, 0.15) is 0 Å². The number of esters is 2. The van der Waals surface area contributed by atoms with Gasteiger partial charge in [-0.25, -0.2) is 0 Å². The van der Waals surface area contributed by atoms with E-state index in [4.69, 9.17) is 9.47 Å². The van der Waals surface area contributed by atoms with Gasteiger partial charge in [-0.1, -0.05) is 48.1 Å². The van der Waals surface area contributed by atoms with Crippen molar-refractivity contribution in [3.05, 3.63) is 53.1 Å². The smallest absolute Gasteiger partial charge is 0.320 e. The Morgan fingerprint density at radius 1 is 1.04 bits per heavy atom. The van der Waals surface area contributed by atoms with Gasteiger partial charge in [-0.2, -0.15) is 0 Å². The molecule has 0 fully saturated rings. The number of ether oxygens (including phenoxy) is 2. The van der Waals surface area contributed by atoms with E-state index in [2.05, 4.69) is 12.2 Å². The fourth-order valence-corrected chi connectivity index (χ4v) is 2.82. The van der Waals surface area contributed by atoms with Crippen LogP contribution in [-0.2, 0) is 19.1 Å². The monoisotopic (exact) mass is 314 g/mol. The normalized spacial score (nSPS) is 14.6. The lowest BCUT2D eigenvalue weighted by atomic mass is 9.96. The number of methoxy groups -OCH3 is 2. The summed E-state index contributed by atoms with van der Waals surface area (Å²) in [6.45, 7) is 0. The van der Waals surface area contributed by atoms with E-state index >= 15 is 0 Å². The second kappa shape index (κ2) is 8.32. The van der Waals surface area contributed by atoms with Gasteiger partial charge < -0.3 is 9.47 Å². The van der Waals surface area contributed by atoms with E-state index in [0.717, 1.165) is 30.4 Å². The van der Waals surface area contributed by atoms with E-state index < -0.39 is 17.9 Å². The molecular formula is C19H22O4. The third-order valence-electron chi connectivity index (χ3n) is 4.08. The molecule has 23 heavy (non-hydrogen) atoms. The number of allylic oxidation sites excluding steroid dienone is 3. The fraction of sp³-hybridized carbons (Fsp3) is 0.368. The molecule has 0 radical (unpaired) electrons. The summed E-state index contributed by atoms with van der Waals surface area (Å²) in [4.78, 5) is 23.6. The molecule has 4 nitrogen and oxygen atoms in total. The predicted molar refractivity (Wildman–Crippen MR) is 88.5 cm³/mol. The molecule has 0 saturated heterocycles.